The zero-order valence-electron chi connectivity index (χ0n) is 13.4. The van der Waals surface area contributed by atoms with E-state index in [1.807, 2.05) is 6.07 Å². The molecule has 1 N–H and O–H groups in total. The molecule has 0 unspecified atom stereocenters. The maximum absolute atomic E-state index is 12.4. The molecule has 5 heteroatoms. The van der Waals surface area contributed by atoms with Gasteiger partial charge in [0.1, 0.15) is 5.75 Å². The average molecular weight is 317 g/mol. The number of nitrogens with one attached hydrogen (secondary N) is 1. The summed E-state index contributed by atoms with van der Waals surface area (Å²) in [7, 11) is 0. The van der Waals surface area contributed by atoms with E-state index in [0.29, 0.717) is 24.0 Å². The molecule has 0 spiro atoms. The van der Waals surface area contributed by atoms with Crippen molar-refractivity contribution in [2.45, 2.75) is 32.6 Å². The Morgan fingerprint density at radius 3 is 2.83 bits per heavy atom. The molecule has 1 aromatic carbocycles. The number of carbonyl (C=O) groups excluding carboxylic acids is 2. The normalized spacial score (nSPS) is 25.2. The molecule has 5 nitrogen and oxygen atoms in total. The van der Waals surface area contributed by atoms with E-state index in [2.05, 4.69) is 5.32 Å². The van der Waals surface area contributed by atoms with Crippen LogP contribution < -0.4 is 10.1 Å². The van der Waals surface area contributed by atoms with Crippen molar-refractivity contribution in [3.05, 3.63) is 24.3 Å². The van der Waals surface area contributed by atoms with Gasteiger partial charge in [-0.15, -0.1) is 0 Å². The van der Waals surface area contributed by atoms with Crippen molar-refractivity contribution in [3.63, 3.8) is 0 Å². The van der Waals surface area contributed by atoms with Crippen molar-refractivity contribution < 1.29 is 19.1 Å². The number of fused-ring (bicyclic) bond motifs is 2. The number of ether oxygens (including phenoxy) is 2. The Hall–Kier alpha value is -2.04. The highest BCUT2D eigenvalue weighted by atomic mass is 16.6. The first kappa shape index (κ1) is 15.8. The Kier molecular flexibility index (Phi) is 4.84. The number of benzene rings is 1. The van der Waals surface area contributed by atoms with E-state index in [-0.39, 0.29) is 18.4 Å². The number of anilines is 1. The first-order valence-corrected chi connectivity index (χ1v) is 8.35. The highest BCUT2D eigenvalue weighted by Gasteiger charge is 2.42. The van der Waals surface area contributed by atoms with Crippen LogP contribution >= 0.6 is 0 Å². The lowest BCUT2D eigenvalue weighted by molar-refractivity contribution is -0.145. The molecule has 23 heavy (non-hydrogen) atoms. The largest absolute Gasteiger partial charge is 0.482 e. The first-order chi connectivity index (χ1) is 11.2. The SMILES string of the molecule is CCOC(=O)COc1cccc(NC(=O)[C@@H]2C[C@H]3CC[C@H]2C3)c1. The molecule has 124 valence electrons. The van der Waals surface area contributed by atoms with Crippen LogP contribution in [0.25, 0.3) is 0 Å². The van der Waals surface area contributed by atoms with Gasteiger partial charge in [0.05, 0.1) is 6.61 Å². The van der Waals surface area contributed by atoms with Crippen molar-refractivity contribution in [1.82, 2.24) is 0 Å². The molecule has 1 amide bonds. The van der Waals surface area contributed by atoms with Crippen molar-refractivity contribution in [3.8, 4) is 5.75 Å². The summed E-state index contributed by atoms with van der Waals surface area (Å²) in [5.41, 5.74) is 0.708. The predicted octanol–water partition coefficient (Wildman–Crippen LogP) is 3.00. The van der Waals surface area contributed by atoms with E-state index in [1.165, 1.54) is 19.3 Å². The third-order valence-corrected chi connectivity index (χ3v) is 4.84. The minimum Gasteiger partial charge on any atom is -0.482 e. The molecule has 0 aromatic heterocycles. The minimum atomic E-state index is -0.399. The summed E-state index contributed by atoms with van der Waals surface area (Å²) in [5.74, 6) is 1.71. The minimum absolute atomic E-state index is 0.111. The van der Waals surface area contributed by atoms with Gasteiger partial charge in [-0.3, -0.25) is 4.79 Å². The van der Waals surface area contributed by atoms with Crippen molar-refractivity contribution in [1.29, 1.82) is 0 Å². The summed E-state index contributed by atoms with van der Waals surface area (Å²) < 4.78 is 10.2. The summed E-state index contributed by atoms with van der Waals surface area (Å²) in [6.45, 7) is 1.96. The third-order valence-electron chi connectivity index (χ3n) is 4.84. The standard InChI is InChI=1S/C18H23NO4/c1-2-22-17(20)11-23-15-5-3-4-14(10-15)19-18(21)16-9-12-6-7-13(16)8-12/h3-5,10,12-13,16H,2,6-9,11H2,1H3,(H,19,21)/t12-,13-,16+/m0/s1. The Morgan fingerprint density at radius 1 is 1.26 bits per heavy atom. The van der Waals surface area contributed by atoms with Gasteiger partial charge in [-0.25, -0.2) is 4.79 Å². The monoisotopic (exact) mass is 317 g/mol. The Bertz CT molecular complexity index is 586. The summed E-state index contributed by atoms with van der Waals surface area (Å²) in [5, 5.41) is 2.99. The van der Waals surface area contributed by atoms with E-state index in [9.17, 15) is 9.59 Å². The predicted molar refractivity (Wildman–Crippen MR) is 86.1 cm³/mol. The van der Waals surface area contributed by atoms with Gasteiger partial charge in [0, 0.05) is 17.7 Å². The molecule has 0 saturated heterocycles. The quantitative estimate of drug-likeness (QED) is 0.819. The van der Waals surface area contributed by atoms with Crippen molar-refractivity contribution >= 4 is 17.6 Å². The summed E-state index contributed by atoms with van der Waals surface area (Å²) in [6, 6.07) is 7.13. The lowest BCUT2D eigenvalue weighted by atomic mass is 9.88. The van der Waals surface area contributed by atoms with Crippen LogP contribution in [-0.2, 0) is 14.3 Å². The van der Waals surface area contributed by atoms with Crippen LogP contribution in [0.5, 0.6) is 5.75 Å². The number of hydrogen-bond donors (Lipinski definition) is 1. The third kappa shape index (κ3) is 3.84. The van der Waals surface area contributed by atoms with Crippen molar-refractivity contribution in [2.24, 2.45) is 17.8 Å². The molecule has 2 aliphatic rings. The fourth-order valence-corrected chi connectivity index (χ4v) is 3.81. The first-order valence-electron chi connectivity index (χ1n) is 8.35. The molecule has 0 aliphatic heterocycles. The van der Waals surface area contributed by atoms with Gasteiger partial charge in [0.2, 0.25) is 5.91 Å². The molecular formula is C18H23NO4. The van der Waals surface area contributed by atoms with Crippen LogP contribution in [0.15, 0.2) is 24.3 Å². The highest BCUT2D eigenvalue weighted by molar-refractivity contribution is 5.93. The number of amides is 1. The summed E-state index contributed by atoms with van der Waals surface area (Å²) >= 11 is 0. The van der Waals surface area contributed by atoms with Crippen LogP contribution in [-0.4, -0.2) is 25.1 Å². The van der Waals surface area contributed by atoms with Gasteiger partial charge >= 0.3 is 5.97 Å². The van der Waals surface area contributed by atoms with E-state index in [0.717, 1.165) is 12.3 Å². The van der Waals surface area contributed by atoms with Gasteiger partial charge in [-0.1, -0.05) is 12.5 Å². The summed E-state index contributed by atoms with van der Waals surface area (Å²) in [4.78, 5) is 23.8. The zero-order chi connectivity index (χ0) is 16.2. The number of esters is 1. The van der Waals surface area contributed by atoms with E-state index in [4.69, 9.17) is 9.47 Å². The Labute approximate surface area is 136 Å². The lowest BCUT2D eigenvalue weighted by Crippen LogP contribution is -2.27. The van der Waals surface area contributed by atoms with Crippen molar-refractivity contribution in [2.75, 3.05) is 18.5 Å². The summed E-state index contributed by atoms with van der Waals surface area (Å²) in [6.07, 6.45) is 4.70. The number of carbonyl (C=O) groups is 2. The fraction of sp³-hybridized carbons (Fsp3) is 0.556. The molecule has 3 rings (SSSR count). The average Bonchev–Trinajstić information content (AvgIpc) is 3.17. The van der Waals surface area contributed by atoms with Gasteiger partial charge in [0.15, 0.2) is 6.61 Å². The Balaban J connectivity index is 1.55. The van der Waals surface area contributed by atoms with Crippen LogP contribution in [0, 0.1) is 17.8 Å². The topological polar surface area (TPSA) is 64.6 Å². The second kappa shape index (κ2) is 7.02. The maximum atomic E-state index is 12.4. The molecule has 1 aromatic rings. The van der Waals surface area contributed by atoms with E-state index < -0.39 is 5.97 Å². The maximum Gasteiger partial charge on any atom is 0.344 e. The van der Waals surface area contributed by atoms with Crippen LogP contribution in [0.1, 0.15) is 32.6 Å². The van der Waals surface area contributed by atoms with Gasteiger partial charge in [-0.2, -0.15) is 0 Å². The van der Waals surface area contributed by atoms with Gasteiger partial charge < -0.3 is 14.8 Å². The fourth-order valence-electron chi connectivity index (χ4n) is 3.81. The van der Waals surface area contributed by atoms with Crippen LogP contribution in [0.3, 0.4) is 0 Å². The smallest absolute Gasteiger partial charge is 0.344 e. The molecule has 2 aliphatic carbocycles. The zero-order valence-corrected chi connectivity index (χ0v) is 13.4. The van der Waals surface area contributed by atoms with Gasteiger partial charge in [-0.05, 0) is 50.2 Å². The molecule has 3 atom stereocenters. The number of rotatable bonds is 6. The second-order valence-corrected chi connectivity index (χ2v) is 6.39. The lowest BCUT2D eigenvalue weighted by Gasteiger charge is -2.20. The molecule has 2 saturated carbocycles. The molecular weight excluding hydrogens is 294 g/mol. The van der Waals surface area contributed by atoms with E-state index >= 15 is 0 Å². The van der Waals surface area contributed by atoms with Crippen LogP contribution in [0.2, 0.25) is 0 Å². The molecule has 0 radical (unpaired) electrons. The molecule has 2 fully saturated rings. The van der Waals surface area contributed by atoms with Gasteiger partial charge in [0.25, 0.3) is 0 Å². The molecule has 2 bridgehead atoms. The van der Waals surface area contributed by atoms with Crippen LogP contribution in [0.4, 0.5) is 5.69 Å². The molecule has 0 heterocycles. The second-order valence-electron chi connectivity index (χ2n) is 6.39. The van der Waals surface area contributed by atoms with E-state index in [1.54, 1.807) is 25.1 Å². The number of hydrogen-bond acceptors (Lipinski definition) is 4. The highest BCUT2D eigenvalue weighted by Crippen LogP contribution is 2.48. The Morgan fingerprint density at radius 2 is 2.13 bits per heavy atom.